The first kappa shape index (κ1) is 11.7. The van der Waals surface area contributed by atoms with Crippen LogP contribution in [-0.4, -0.2) is 44.4 Å². The number of aromatic nitrogens is 2. The summed E-state index contributed by atoms with van der Waals surface area (Å²) in [5.74, 6) is -0.374. The maximum atomic E-state index is 11.7. The van der Waals surface area contributed by atoms with Gasteiger partial charge in [-0.1, -0.05) is 0 Å². The number of aliphatic hydroxyl groups excluding tert-OH is 2. The summed E-state index contributed by atoms with van der Waals surface area (Å²) in [7, 11) is 1.69. The lowest BCUT2D eigenvalue weighted by Crippen LogP contribution is -2.52. The van der Waals surface area contributed by atoms with E-state index in [0.717, 1.165) is 0 Å². The molecule has 1 aromatic rings. The number of nitrogens with zero attached hydrogens (tertiary/aromatic N) is 2. The van der Waals surface area contributed by atoms with Gasteiger partial charge in [-0.15, -0.1) is 0 Å². The molecule has 0 saturated carbocycles. The van der Waals surface area contributed by atoms with Gasteiger partial charge in [0, 0.05) is 7.05 Å². The van der Waals surface area contributed by atoms with Gasteiger partial charge in [-0.05, 0) is 6.92 Å². The van der Waals surface area contributed by atoms with Crippen molar-refractivity contribution < 1.29 is 15.0 Å². The van der Waals surface area contributed by atoms with Gasteiger partial charge in [-0.2, -0.15) is 0 Å². The van der Waals surface area contributed by atoms with Crippen LogP contribution in [0.2, 0.25) is 0 Å². The molecule has 0 atom stereocenters. The van der Waals surface area contributed by atoms with Crippen LogP contribution in [-0.2, 0) is 7.05 Å². The zero-order valence-electron chi connectivity index (χ0n) is 8.77. The van der Waals surface area contributed by atoms with E-state index < -0.39 is 5.54 Å². The molecule has 6 heteroatoms. The molecule has 0 aliphatic rings. The maximum Gasteiger partial charge on any atom is 0.270 e. The lowest BCUT2D eigenvalue weighted by Gasteiger charge is -2.25. The van der Waals surface area contributed by atoms with E-state index in [0.29, 0.717) is 5.69 Å². The second-order valence-corrected chi connectivity index (χ2v) is 3.72. The summed E-state index contributed by atoms with van der Waals surface area (Å²) in [5, 5.41) is 20.5. The van der Waals surface area contributed by atoms with Crippen LogP contribution in [0.3, 0.4) is 0 Å². The van der Waals surface area contributed by atoms with E-state index in [4.69, 9.17) is 10.2 Å². The van der Waals surface area contributed by atoms with Crippen LogP contribution in [0.25, 0.3) is 0 Å². The van der Waals surface area contributed by atoms with Crippen LogP contribution in [0.1, 0.15) is 17.4 Å². The van der Waals surface area contributed by atoms with Gasteiger partial charge < -0.3 is 20.1 Å². The van der Waals surface area contributed by atoms with E-state index in [-0.39, 0.29) is 19.1 Å². The molecule has 15 heavy (non-hydrogen) atoms. The SMILES string of the molecule is Cn1cncc1C(=O)NC(C)(CO)CO. The van der Waals surface area contributed by atoms with Crippen LogP contribution in [0.5, 0.6) is 0 Å². The lowest BCUT2D eigenvalue weighted by atomic mass is 10.1. The molecular formula is C9H15N3O3. The first-order chi connectivity index (χ1) is 7.02. The van der Waals surface area contributed by atoms with Crippen molar-refractivity contribution in [3.05, 3.63) is 18.2 Å². The Morgan fingerprint density at radius 2 is 2.20 bits per heavy atom. The molecule has 0 spiro atoms. The normalized spacial score (nSPS) is 11.5. The van der Waals surface area contributed by atoms with Crippen molar-refractivity contribution in [1.29, 1.82) is 0 Å². The Bertz CT molecular complexity index is 344. The maximum absolute atomic E-state index is 11.7. The Hall–Kier alpha value is -1.40. The van der Waals surface area contributed by atoms with E-state index in [9.17, 15) is 4.79 Å². The highest BCUT2D eigenvalue weighted by Crippen LogP contribution is 2.04. The highest BCUT2D eigenvalue weighted by atomic mass is 16.3. The predicted molar refractivity (Wildman–Crippen MR) is 53.3 cm³/mol. The third kappa shape index (κ3) is 2.54. The fourth-order valence-corrected chi connectivity index (χ4v) is 1.04. The summed E-state index contributed by atoms with van der Waals surface area (Å²) in [6.07, 6.45) is 2.93. The summed E-state index contributed by atoms with van der Waals surface area (Å²) in [4.78, 5) is 15.5. The van der Waals surface area contributed by atoms with E-state index in [1.54, 1.807) is 18.5 Å². The van der Waals surface area contributed by atoms with Gasteiger partial charge in [-0.25, -0.2) is 4.98 Å². The molecule has 0 fully saturated rings. The van der Waals surface area contributed by atoms with Crippen molar-refractivity contribution in [1.82, 2.24) is 14.9 Å². The Balaban J connectivity index is 2.76. The van der Waals surface area contributed by atoms with Crippen LogP contribution in [0, 0.1) is 0 Å². The number of aliphatic hydroxyl groups is 2. The molecule has 6 nitrogen and oxygen atoms in total. The van der Waals surface area contributed by atoms with Crippen molar-refractivity contribution in [2.75, 3.05) is 13.2 Å². The molecule has 3 N–H and O–H groups in total. The largest absolute Gasteiger partial charge is 0.394 e. The molecule has 0 aromatic carbocycles. The summed E-state index contributed by atoms with van der Waals surface area (Å²) in [6.45, 7) is 0.904. The lowest BCUT2D eigenvalue weighted by molar-refractivity contribution is 0.0717. The van der Waals surface area contributed by atoms with Crippen LogP contribution < -0.4 is 5.32 Å². The average molecular weight is 213 g/mol. The predicted octanol–water partition coefficient (Wildman–Crippen LogP) is -1.11. The van der Waals surface area contributed by atoms with E-state index in [1.165, 1.54) is 12.5 Å². The number of imidazole rings is 1. The fourth-order valence-electron chi connectivity index (χ4n) is 1.04. The summed E-state index contributed by atoms with van der Waals surface area (Å²) < 4.78 is 1.56. The second-order valence-electron chi connectivity index (χ2n) is 3.72. The van der Waals surface area contributed by atoms with Crippen LogP contribution in [0.4, 0.5) is 0 Å². The molecule has 1 aromatic heterocycles. The first-order valence-corrected chi connectivity index (χ1v) is 4.53. The van der Waals surface area contributed by atoms with Gasteiger partial charge in [0.05, 0.1) is 31.3 Å². The Morgan fingerprint density at radius 1 is 1.60 bits per heavy atom. The molecule has 0 saturated heterocycles. The average Bonchev–Trinajstić information content (AvgIpc) is 2.64. The molecule has 0 aliphatic carbocycles. The monoisotopic (exact) mass is 213 g/mol. The van der Waals surface area contributed by atoms with Gasteiger partial charge in [0.2, 0.25) is 0 Å². The second kappa shape index (κ2) is 4.41. The summed E-state index contributed by atoms with van der Waals surface area (Å²) in [6, 6.07) is 0. The quantitative estimate of drug-likeness (QED) is 0.592. The number of nitrogens with one attached hydrogen (secondary N) is 1. The zero-order valence-corrected chi connectivity index (χ0v) is 8.77. The molecule has 1 amide bonds. The molecular weight excluding hydrogens is 198 g/mol. The van der Waals surface area contributed by atoms with Gasteiger partial charge in [0.25, 0.3) is 5.91 Å². The molecule has 84 valence electrons. The molecule has 1 heterocycles. The van der Waals surface area contributed by atoms with Crippen molar-refractivity contribution in [2.45, 2.75) is 12.5 Å². The van der Waals surface area contributed by atoms with Crippen molar-refractivity contribution in [3.8, 4) is 0 Å². The highest BCUT2D eigenvalue weighted by Gasteiger charge is 2.25. The third-order valence-corrected chi connectivity index (χ3v) is 2.16. The minimum Gasteiger partial charge on any atom is -0.394 e. The smallest absolute Gasteiger partial charge is 0.270 e. The number of rotatable bonds is 4. The van der Waals surface area contributed by atoms with Crippen LogP contribution >= 0.6 is 0 Å². The molecule has 0 unspecified atom stereocenters. The van der Waals surface area contributed by atoms with Gasteiger partial charge in [0.1, 0.15) is 5.69 Å². The van der Waals surface area contributed by atoms with E-state index >= 15 is 0 Å². The number of carbonyl (C=O) groups is 1. The van der Waals surface area contributed by atoms with Crippen molar-refractivity contribution >= 4 is 5.91 Å². The number of aryl methyl sites for hydroxylation is 1. The van der Waals surface area contributed by atoms with Crippen molar-refractivity contribution in [2.24, 2.45) is 7.05 Å². The van der Waals surface area contributed by atoms with E-state index in [1.807, 2.05) is 0 Å². The first-order valence-electron chi connectivity index (χ1n) is 4.53. The van der Waals surface area contributed by atoms with Crippen molar-refractivity contribution in [3.63, 3.8) is 0 Å². The summed E-state index contributed by atoms with van der Waals surface area (Å²) >= 11 is 0. The van der Waals surface area contributed by atoms with Crippen LogP contribution in [0.15, 0.2) is 12.5 Å². The van der Waals surface area contributed by atoms with Gasteiger partial charge in [-0.3, -0.25) is 4.79 Å². The Morgan fingerprint density at radius 3 is 2.60 bits per heavy atom. The molecule has 0 bridgehead atoms. The Labute approximate surface area is 87.6 Å². The zero-order chi connectivity index (χ0) is 11.5. The number of amides is 1. The number of hydrogen-bond donors (Lipinski definition) is 3. The fraction of sp³-hybridized carbons (Fsp3) is 0.556. The number of hydrogen-bond acceptors (Lipinski definition) is 4. The molecule has 1 rings (SSSR count). The Kier molecular flexibility index (Phi) is 3.43. The summed E-state index contributed by atoms with van der Waals surface area (Å²) in [5.41, 5.74) is -0.635. The highest BCUT2D eigenvalue weighted by molar-refractivity contribution is 5.92. The number of carbonyl (C=O) groups excluding carboxylic acids is 1. The van der Waals surface area contributed by atoms with Gasteiger partial charge in [0.15, 0.2) is 0 Å². The topological polar surface area (TPSA) is 87.4 Å². The third-order valence-electron chi connectivity index (χ3n) is 2.16. The van der Waals surface area contributed by atoms with E-state index in [2.05, 4.69) is 10.3 Å². The molecule has 0 aliphatic heterocycles. The molecule has 0 radical (unpaired) electrons. The standard InChI is InChI=1S/C9H15N3O3/c1-9(4-13,5-14)11-8(15)7-3-10-6-12(7)2/h3,6,13-14H,4-5H2,1-2H3,(H,11,15). The van der Waals surface area contributed by atoms with Gasteiger partial charge >= 0.3 is 0 Å². The minimum atomic E-state index is -1.01. The minimum absolute atomic E-state index is 0.326.